The lowest BCUT2D eigenvalue weighted by Crippen LogP contribution is -3.16. The van der Waals surface area contributed by atoms with Gasteiger partial charge >= 0.3 is 0 Å². The molecule has 0 saturated carbocycles. The summed E-state index contributed by atoms with van der Waals surface area (Å²) in [5.41, 5.74) is 2.84. The summed E-state index contributed by atoms with van der Waals surface area (Å²) in [7, 11) is 0. The fourth-order valence-corrected chi connectivity index (χ4v) is 3.57. The molecule has 0 bridgehead atoms. The quantitative estimate of drug-likeness (QED) is 0.823. The number of anilines is 1. The number of aliphatic hydroxyl groups is 1. The maximum atomic E-state index is 13.9. The normalized spacial score (nSPS) is 16.5. The minimum atomic E-state index is -0.510. The molecule has 2 aromatic rings. The molecule has 0 spiro atoms. The SMILES string of the molecule is Cc1cccc(C)c1OC[C@@H](O)C[NH+]1CCN(c2ccccc2F)CC1. The van der Waals surface area contributed by atoms with Crippen LogP contribution in [0, 0.1) is 19.7 Å². The zero-order chi connectivity index (χ0) is 18.5. The molecule has 0 unspecified atom stereocenters. The zero-order valence-corrected chi connectivity index (χ0v) is 15.5. The molecule has 0 aliphatic carbocycles. The van der Waals surface area contributed by atoms with E-state index < -0.39 is 6.10 Å². The van der Waals surface area contributed by atoms with Crippen LogP contribution in [-0.4, -0.2) is 50.5 Å². The Balaban J connectivity index is 1.46. The molecule has 140 valence electrons. The molecule has 3 rings (SSSR count). The number of benzene rings is 2. The molecular weight excluding hydrogens is 331 g/mol. The second-order valence-corrected chi connectivity index (χ2v) is 7.08. The molecule has 0 radical (unpaired) electrons. The van der Waals surface area contributed by atoms with Gasteiger partial charge in [0.15, 0.2) is 0 Å². The number of aliphatic hydroxyl groups excluding tert-OH is 1. The van der Waals surface area contributed by atoms with E-state index >= 15 is 0 Å². The van der Waals surface area contributed by atoms with Crippen LogP contribution in [0.15, 0.2) is 42.5 Å². The van der Waals surface area contributed by atoms with Crippen molar-refractivity contribution in [1.29, 1.82) is 0 Å². The van der Waals surface area contributed by atoms with E-state index in [2.05, 4.69) is 4.90 Å². The van der Waals surface area contributed by atoms with Gasteiger partial charge in [-0.15, -0.1) is 0 Å². The average molecular weight is 359 g/mol. The minimum Gasteiger partial charge on any atom is -0.490 e. The topological polar surface area (TPSA) is 37.1 Å². The second-order valence-electron chi connectivity index (χ2n) is 7.08. The molecule has 1 saturated heterocycles. The van der Waals surface area contributed by atoms with E-state index in [9.17, 15) is 9.50 Å². The summed E-state index contributed by atoms with van der Waals surface area (Å²) in [6, 6.07) is 13.0. The Kier molecular flexibility index (Phi) is 6.12. The summed E-state index contributed by atoms with van der Waals surface area (Å²) in [6.07, 6.45) is -0.510. The van der Waals surface area contributed by atoms with Crippen LogP contribution < -0.4 is 14.5 Å². The zero-order valence-electron chi connectivity index (χ0n) is 15.5. The van der Waals surface area contributed by atoms with Gasteiger partial charge < -0.3 is 19.6 Å². The number of rotatable bonds is 6. The van der Waals surface area contributed by atoms with Crippen LogP contribution in [0.5, 0.6) is 5.75 Å². The largest absolute Gasteiger partial charge is 0.490 e. The standard InChI is InChI=1S/C21H27FN2O2/c1-16-6-5-7-17(2)21(16)26-15-18(25)14-23-10-12-24(13-11-23)20-9-4-3-8-19(20)22/h3-9,18,25H,10-15H2,1-2H3/p+1/t18-/m0/s1. The number of halogens is 1. The Hall–Kier alpha value is -2.11. The van der Waals surface area contributed by atoms with Crippen molar-refractivity contribution in [1.82, 2.24) is 0 Å². The third-order valence-corrected chi connectivity index (χ3v) is 5.02. The monoisotopic (exact) mass is 359 g/mol. The molecule has 26 heavy (non-hydrogen) atoms. The second kappa shape index (κ2) is 8.52. The van der Waals surface area contributed by atoms with Gasteiger partial charge in [-0.1, -0.05) is 30.3 Å². The Morgan fingerprint density at radius 2 is 1.73 bits per heavy atom. The van der Waals surface area contributed by atoms with E-state index in [-0.39, 0.29) is 5.82 Å². The first kappa shape index (κ1) is 18.7. The van der Waals surface area contributed by atoms with Gasteiger partial charge in [-0.25, -0.2) is 4.39 Å². The highest BCUT2D eigenvalue weighted by molar-refractivity contribution is 5.47. The molecule has 5 heteroatoms. The van der Waals surface area contributed by atoms with Crippen molar-refractivity contribution in [2.45, 2.75) is 20.0 Å². The first-order chi connectivity index (χ1) is 12.5. The van der Waals surface area contributed by atoms with Crippen molar-refractivity contribution < 1.29 is 19.1 Å². The average Bonchev–Trinajstić information content (AvgIpc) is 2.62. The molecule has 2 N–H and O–H groups in total. The third-order valence-electron chi connectivity index (χ3n) is 5.02. The van der Waals surface area contributed by atoms with Crippen molar-refractivity contribution in [3.63, 3.8) is 0 Å². The lowest BCUT2D eigenvalue weighted by Gasteiger charge is -2.34. The smallest absolute Gasteiger partial charge is 0.146 e. The van der Waals surface area contributed by atoms with Crippen LogP contribution in [0.25, 0.3) is 0 Å². The Labute approximate surface area is 154 Å². The highest BCUT2D eigenvalue weighted by atomic mass is 19.1. The maximum absolute atomic E-state index is 13.9. The van der Waals surface area contributed by atoms with Crippen LogP contribution in [0.2, 0.25) is 0 Å². The van der Waals surface area contributed by atoms with Gasteiger partial charge in [0.05, 0.1) is 31.9 Å². The molecule has 1 atom stereocenters. The summed E-state index contributed by atoms with van der Waals surface area (Å²) >= 11 is 0. The fourth-order valence-electron chi connectivity index (χ4n) is 3.57. The van der Waals surface area contributed by atoms with E-state index in [0.29, 0.717) is 18.8 Å². The number of para-hydroxylation sites is 2. The van der Waals surface area contributed by atoms with Crippen molar-refractivity contribution in [3.05, 3.63) is 59.4 Å². The first-order valence-corrected chi connectivity index (χ1v) is 9.24. The molecule has 0 amide bonds. The van der Waals surface area contributed by atoms with Gasteiger partial charge in [0.2, 0.25) is 0 Å². The molecule has 1 aliphatic rings. The number of piperazine rings is 1. The predicted octanol–water partition coefficient (Wildman–Crippen LogP) is 1.59. The molecule has 1 heterocycles. The summed E-state index contributed by atoms with van der Waals surface area (Å²) < 4.78 is 19.8. The third kappa shape index (κ3) is 4.54. The fraction of sp³-hybridized carbons (Fsp3) is 0.429. The highest BCUT2D eigenvalue weighted by Gasteiger charge is 2.24. The van der Waals surface area contributed by atoms with Gasteiger partial charge in [-0.2, -0.15) is 0 Å². The molecule has 4 nitrogen and oxygen atoms in total. The summed E-state index contributed by atoms with van der Waals surface area (Å²) in [5.74, 6) is 0.698. The Morgan fingerprint density at radius 3 is 2.38 bits per heavy atom. The van der Waals surface area contributed by atoms with E-state index in [1.54, 1.807) is 6.07 Å². The van der Waals surface area contributed by atoms with Gasteiger partial charge in [-0.3, -0.25) is 0 Å². The summed E-state index contributed by atoms with van der Waals surface area (Å²) in [4.78, 5) is 3.41. The van der Waals surface area contributed by atoms with Crippen molar-refractivity contribution in [2.75, 3.05) is 44.2 Å². The number of quaternary nitrogens is 1. The minimum absolute atomic E-state index is 0.169. The molecule has 2 aromatic carbocycles. The number of nitrogens with zero attached hydrogens (tertiary/aromatic N) is 1. The van der Waals surface area contributed by atoms with Gasteiger partial charge in [0, 0.05) is 0 Å². The molecule has 0 aromatic heterocycles. The molecule has 1 aliphatic heterocycles. The Bertz CT molecular complexity index is 709. The summed E-state index contributed by atoms with van der Waals surface area (Å²) in [6.45, 7) is 8.33. The molecule has 1 fully saturated rings. The van der Waals surface area contributed by atoms with Crippen molar-refractivity contribution in [2.24, 2.45) is 0 Å². The van der Waals surface area contributed by atoms with Crippen LogP contribution in [0.3, 0.4) is 0 Å². The van der Waals surface area contributed by atoms with E-state index in [1.807, 2.05) is 44.2 Å². The number of nitrogens with one attached hydrogen (secondary N) is 1. The van der Waals surface area contributed by atoms with Gasteiger partial charge in [0.25, 0.3) is 0 Å². The number of hydrogen-bond acceptors (Lipinski definition) is 3. The van der Waals surface area contributed by atoms with Crippen molar-refractivity contribution in [3.8, 4) is 5.75 Å². The molecular formula is C21H28FN2O2+. The highest BCUT2D eigenvalue weighted by Crippen LogP contribution is 2.22. The van der Waals surface area contributed by atoms with E-state index in [4.69, 9.17) is 4.74 Å². The van der Waals surface area contributed by atoms with E-state index in [1.165, 1.54) is 11.0 Å². The van der Waals surface area contributed by atoms with Crippen LogP contribution >= 0.6 is 0 Å². The number of hydrogen-bond donors (Lipinski definition) is 2. The van der Waals surface area contributed by atoms with Crippen molar-refractivity contribution >= 4 is 5.69 Å². The lowest BCUT2D eigenvalue weighted by atomic mass is 10.1. The van der Waals surface area contributed by atoms with Crippen LogP contribution in [0.1, 0.15) is 11.1 Å². The predicted molar refractivity (Wildman–Crippen MR) is 102 cm³/mol. The van der Waals surface area contributed by atoms with E-state index in [0.717, 1.165) is 43.1 Å². The maximum Gasteiger partial charge on any atom is 0.146 e. The van der Waals surface area contributed by atoms with Gasteiger partial charge in [-0.05, 0) is 37.1 Å². The van der Waals surface area contributed by atoms with Crippen LogP contribution in [0.4, 0.5) is 10.1 Å². The first-order valence-electron chi connectivity index (χ1n) is 9.24. The lowest BCUT2D eigenvalue weighted by molar-refractivity contribution is -0.903. The number of aryl methyl sites for hydroxylation is 2. The van der Waals surface area contributed by atoms with Gasteiger partial charge in [0.1, 0.15) is 30.8 Å². The Morgan fingerprint density at radius 1 is 1.08 bits per heavy atom. The summed E-state index contributed by atoms with van der Waals surface area (Å²) in [5, 5.41) is 10.4. The van der Waals surface area contributed by atoms with Crippen LogP contribution in [-0.2, 0) is 0 Å². The number of ether oxygens (including phenoxy) is 1.